The van der Waals surface area contributed by atoms with E-state index >= 15 is 0 Å². The van der Waals surface area contributed by atoms with Crippen LogP contribution in [0.15, 0.2) is 23.3 Å². The predicted molar refractivity (Wildman–Crippen MR) is 93.3 cm³/mol. The average Bonchev–Trinajstić information content (AvgIpc) is 2.78. The van der Waals surface area contributed by atoms with E-state index in [2.05, 4.69) is 31.3 Å². The smallest absolute Gasteiger partial charge is 0.0858 e. The van der Waals surface area contributed by atoms with Crippen LogP contribution in [0.4, 0.5) is 0 Å². The number of hydrogen-bond donors (Lipinski definition) is 4. The lowest BCUT2D eigenvalue weighted by Crippen LogP contribution is -2.53. The zero-order valence-corrected chi connectivity index (χ0v) is 15.0. The third-order valence-electron chi connectivity index (χ3n) is 7.98. The molecule has 4 aliphatic carbocycles. The van der Waals surface area contributed by atoms with E-state index < -0.39 is 12.2 Å². The maximum atomic E-state index is 10.5. The number of rotatable bonds is 1. The second kappa shape index (κ2) is 5.41. The summed E-state index contributed by atoms with van der Waals surface area (Å²) in [5, 5.41) is 34.5. The second-order valence-corrected chi connectivity index (χ2v) is 9.04. The van der Waals surface area contributed by atoms with E-state index in [1.165, 1.54) is 11.1 Å². The first-order valence-corrected chi connectivity index (χ1v) is 9.44. The molecule has 4 aliphatic rings. The molecular formula is C20H31NO3. The Kier molecular flexibility index (Phi) is 3.78. The van der Waals surface area contributed by atoms with E-state index in [1.54, 1.807) is 0 Å². The van der Waals surface area contributed by atoms with Gasteiger partial charge in [0.05, 0.1) is 18.3 Å². The van der Waals surface area contributed by atoms with Crippen LogP contribution in [0.2, 0.25) is 0 Å². The van der Waals surface area contributed by atoms with Crippen LogP contribution < -0.4 is 5.32 Å². The van der Waals surface area contributed by atoms with Gasteiger partial charge in [-0.05, 0) is 56.4 Å². The van der Waals surface area contributed by atoms with E-state index in [1.807, 2.05) is 7.05 Å². The van der Waals surface area contributed by atoms with Crippen LogP contribution in [0, 0.1) is 22.7 Å². The molecule has 8 atom stereocenters. The molecule has 0 aromatic carbocycles. The summed E-state index contributed by atoms with van der Waals surface area (Å²) in [5.74, 6) is 0.743. The standard InChI is InChI=1S/C20H31NO3/c1-19-7-6-13-12(14(19)9-17(23)18(19)24)5-4-11-8-16(22)15(21-3)10-20(11,13)2/h4-5,13-18,21-24H,6-10H2,1-3H3/t13-,14+,15?,16?,17?,18?,19+,20+/m1/s1. The lowest BCUT2D eigenvalue weighted by atomic mass is 9.50. The highest BCUT2D eigenvalue weighted by Crippen LogP contribution is 2.63. The Balaban J connectivity index is 1.72. The number of allylic oxidation sites excluding steroid dienone is 3. The molecule has 0 amide bonds. The zero-order chi connectivity index (χ0) is 17.3. The van der Waals surface area contributed by atoms with Gasteiger partial charge in [0, 0.05) is 11.5 Å². The maximum absolute atomic E-state index is 10.5. The summed E-state index contributed by atoms with van der Waals surface area (Å²) >= 11 is 0. The van der Waals surface area contributed by atoms with Crippen molar-refractivity contribution in [3.05, 3.63) is 23.3 Å². The van der Waals surface area contributed by atoms with Gasteiger partial charge in [-0.15, -0.1) is 0 Å². The van der Waals surface area contributed by atoms with Gasteiger partial charge in [0.15, 0.2) is 0 Å². The minimum absolute atomic E-state index is 0.0802. The summed E-state index contributed by atoms with van der Waals surface area (Å²) in [5.41, 5.74) is 2.69. The molecule has 24 heavy (non-hydrogen) atoms. The Morgan fingerprint density at radius 2 is 1.83 bits per heavy atom. The van der Waals surface area contributed by atoms with Crippen molar-refractivity contribution in [2.75, 3.05) is 7.05 Å². The summed E-state index contributed by atoms with van der Waals surface area (Å²) in [7, 11) is 1.94. The van der Waals surface area contributed by atoms with E-state index in [9.17, 15) is 15.3 Å². The molecule has 4 heteroatoms. The first-order chi connectivity index (χ1) is 11.3. The van der Waals surface area contributed by atoms with Gasteiger partial charge in [-0.3, -0.25) is 0 Å². The van der Waals surface area contributed by atoms with Crippen molar-refractivity contribution >= 4 is 0 Å². The largest absolute Gasteiger partial charge is 0.391 e. The highest BCUT2D eigenvalue weighted by atomic mass is 16.3. The fourth-order valence-electron chi connectivity index (χ4n) is 6.35. The van der Waals surface area contributed by atoms with Crippen molar-refractivity contribution in [3.8, 4) is 0 Å². The van der Waals surface area contributed by atoms with Crippen LogP contribution in [0.5, 0.6) is 0 Å². The monoisotopic (exact) mass is 333 g/mol. The Morgan fingerprint density at radius 1 is 1.08 bits per heavy atom. The summed E-state index contributed by atoms with van der Waals surface area (Å²) in [4.78, 5) is 0. The third-order valence-corrected chi connectivity index (χ3v) is 7.98. The minimum atomic E-state index is -0.610. The lowest BCUT2D eigenvalue weighted by Gasteiger charge is -2.55. The van der Waals surface area contributed by atoms with Crippen LogP contribution in [0.25, 0.3) is 0 Å². The molecule has 0 aliphatic heterocycles. The number of nitrogens with one attached hydrogen (secondary N) is 1. The van der Waals surface area contributed by atoms with Crippen LogP contribution in [0.3, 0.4) is 0 Å². The quantitative estimate of drug-likeness (QED) is 0.590. The lowest BCUT2D eigenvalue weighted by molar-refractivity contribution is -0.0391. The second-order valence-electron chi connectivity index (χ2n) is 9.04. The zero-order valence-electron chi connectivity index (χ0n) is 15.0. The van der Waals surface area contributed by atoms with Crippen LogP contribution >= 0.6 is 0 Å². The Morgan fingerprint density at radius 3 is 2.54 bits per heavy atom. The van der Waals surface area contributed by atoms with E-state index in [0.717, 1.165) is 25.7 Å². The van der Waals surface area contributed by atoms with Gasteiger partial charge in [0.1, 0.15) is 0 Å². The Labute approximate surface area is 144 Å². The van der Waals surface area contributed by atoms with Gasteiger partial charge < -0.3 is 20.6 Å². The van der Waals surface area contributed by atoms with Gasteiger partial charge >= 0.3 is 0 Å². The SMILES string of the molecule is CNC1C[C@@]2(C)C(=CC=C3[C@H]2CC[C@]2(C)C(O)C(O)C[C@@H]32)CC1O. The van der Waals surface area contributed by atoms with Gasteiger partial charge in [-0.2, -0.15) is 0 Å². The molecule has 4 rings (SSSR count). The topological polar surface area (TPSA) is 72.7 Å². The molecule has 0 spiro atoms. The summed E-state index contributed by atoms with van der Waals surface area (Å²) in [6, 6.07) is 0.138. The molecule has 0 saturated heterocycles. The average molecular weight is 333 g/mol. The van der Waals surface area contributed by atoms with E-state index in [-0.39, 0.29) is 28.9 Å². The molecule has 4 unspecified atom stereocenters. The number of hydrogen-bond acceptors (Lipinski definition) is 4. The molecular weight excluding hydrogens is 302 g/mol. The molecule has 0 aromatic heterocycles. The Bertz CT molecular complexity index is 600. The highest BCUT2D eigenvalue weighted by molar-refractivity contribution is 5.39. The van der Waals surface area contributed by atoms with Crippen molar-refractivity contribution < 1.29 is 15.3 Å². The molecule has 3 fully saturated rings. The predicted octanol–water partition coefficient (Wildman–Crippen LogP) is 1.76. The highest BCUT2D eigenvalue weighted by Gasteiger charge is 2.59. The molecule has 4 N–H and O–H groups in total. The summed E-state index contributed by atoms with van der Waals surface area (Å²) < 4.78 is 0. The maximum Gasteiger partial charge on any atom is 0.0858 e. The van der Waals surface area contributed by atoms with Crippen LogP contribution in [-0.2, 0) is 0 Å². The van der Waals surface area contributed by atoms with Crippen LogP contribution in [-0.4, -0.2) is 46.7 Å². The van der Waals surface area contributed by atoms with Gasteiger partial charge in [-0.25, -0.2) is 0 Å². The minimum Gasteiger partial charge on any atom is -0.391 e. The van der Waals surface area contributed by atoms with Crippen molar-refractivity contribution in [3.63, 3.8) is 0 Å². The first-order valence-electron chi connectivity index (χ1n) is 9.44. The number of aliphatic hydroxyl groups is 3. The van der Waals surface area contributed by atoms with Gasteiger partial charge in [-0.1, -0.05) is 37.1 Å². The van der Waals surface area contributed by atoms with E-state index in [0.29, 0.717) is 12.3 Å². The number of aliphatic hydroxyl groups excluding tert-OH is 3. The molecule has 134 valence electrons. The van der Waals surface area contributed by atoms with Gasteiger partial charge in [0.2, 0.25) is 0 Å². The van der Waals surface area contributed by atoms with Crippen molar-refractivity contribution in [2.45, 2.75) is 70.3 Å². The van der Waals surface area contributed by atoms with Crippen molar-refractivity contribution in [1.29, 1.82) is 0 Å². The number of fused-ring (bicyclic) bond motifs is 5. The summed E-state index contributed by atoms with van der Waals surface area (Å²) in [6.07, 6.45) is 7.35. The molecule has 0 heterocycles. The molecule has 0 radical (unpaired) electrons. The third kappa shape index (κ3) is 2.06. The molecule has 0 aromatic rings. The first kappa shape index (κ1) is 16.8. The van der Waals surface area contributed by atoms with Crippen LogP contribution in [0.1, 0.15) is 46.0 Å². The Hall–Kier alpha value is -0.680. The number of likely N-dealkylation sites (N-methyl/N-ethyl adjacent to an activating group) is 1. The molecule has 4 nitrogen and oxygen atoms in total. The van der Waals surface area contributed by atoms with Gasteiger partial charge in [0.25, 0.3) is 0 Å². The van der Waals surface area contributed by atoms with E-state index in [4.69, 9.17) is 0 Å². The molecule has 3 saturated carbocycles. The molecule has 0 bridgehead atoms. The van der Waals surface area contributed by atoms with Crippen molar-refractivity contribution in [1.82, 2.24) is 5.32 Å². The fourth-order valence-corrected chi connectivity index (χ4v) is 6.35. The summed E-state index contributed by atoms with van der Waals surface area (Å²) in [6.45, 7) is 4.51. The van der Waals surface area contributed by atoms with Crippen molar-refractivity contribution in [2.24, 2.45) is 22.7 Å². The normalized spacial score (nSPS) is 53.6. The fraction of sp³-hybridized carbons (Fsp3) is 0.800.